The van der Waals surface area contributed by atoms with E-state index in [1.807, 2.05) is 37.3 Å². The number of benzene rings is 2. The van der Waals surface area contributed by atoms with Crippen molar-refractivity contribution in [2.75, 3.05) is 13.2 Å². The highest BCUT2D eigenvalue weighted by atomic mass is 16.5. The van der Waals surface area contributed by atoms with Gasteiger partial charge < -0.3 is 18.6 Å². The van der Waals surface area contributed by atoms with Gasteiger partial charge in [0.05, 0.1) is 6.61 Å². The predicted molar refractivity (Wildman–Crippen MR) is 102 cm³/mol. The minimum absolute atomic E-state index is 0.0196. The molecular weight excluding hydrogens is 360 g/mol. The lowest BCUT2D eigenvalue weighted by Gasteiger charge is -2.05. The van der Waals surface area contributed by atoms with Crippen molar-refractivity contribution in [1.82, 2.24) is 0 Å². The Morgan fingerprint density at radius 2 is 1.57 bits per heavy atom. The zero-order chi connectivity index (χ0) is 19.8. The summed E-state index contributed by atoms with van der Waals surface area (Å²) < 4.78 is 21.3. The largest absolute Gasteiger partial charge is 0.494 e. The highest BCUT2D eigenvalue weighted by molar-refractivity contribution is 5.99. The summed E-state index contributed by atoms with van der Waals surface area (Å²) in [7, 11) is 0. The van der Waals surface area contributed by atoms with Crippen molar-refractivity contribution in [3.63, 3.8) is 0 Å². The van der Waals surface area contributed by atoms with Crippen LogP contribution < -0.4 is 9.47 Å². The molecule has 0 N–H and O–H groups in total. The number of hydrogen-bond donors (Lipinski definition) is 0. The first kappa shape index (κ1) is 19.2. The molecule has 0 atom stereocenters. The second-order valence-electron chi connectivity index (χ2n) is 5.82. The molecule has 1 aromatic heterocycles. The van der Waals surface area contributed by atoms with Crippen molar-refractivity contribution in [2.45, 2.75) is 13.5 Å². The van der Waals surface area contributed by atoms with E-state index in [0.717, 1.165) is 0 Å². The van der Waals surface area contributed by atoms with E-state index in [2.05, 4.69) is 0 Å². The quantitative estimate of drug-likeness (QED) is 0.407. The van der Waals surface area contributed by atoms with Gasteiger partial charge in [-0.3, -0.25) is 4.79 Å². The smallest absolute Gasteiger partial charge is 0.374 e. The number of ketones is 1. The SMILES string of the molecule is CCOc1ccc(C(=O)COC(=O)c2ccc(COc3ccccc3)o2)cc1. The Morgan fingerprint density at radius 3 is 2.29 bits per heavy atom. The molecule has 0 spiro atoms. The summed E-state index contributed by atoms with van der Waals surface area (Å²) in [5, 5.41) is 0. The molecule has 2 aromatic carbocycles. The molecule has 0 saturated carbocycles. The minimum atomic E-state index is -0.703. The number of Topliss-reactive ketones (excluding diaryl/α,β-unsaturated/α-hetero) is 1. The van der Waals surface area contributed by atoms with Crippen LogP contribution in [0.2, 0.25) is 0 Å². The molecule has 0 unspecified atom stereocenters. The van der Waals surface area contributed by atoms with Gasteiger partial charge in [-0.15, -0.1) is 0 Å². The molecule has 0 fully saturated rings. The van der Waals surface area contributed by atoms with E-state index in [4.69, 9.17) is 18.6 Å². The molecular formula is C22H20O6. The lowest BCUT2D eigenvalue weighted by Crippen LogP contribution is -2.13. The van der Waals surface area contributed by atoms with Crippen molar-refractivity contribution in [1.29, 1.82) is 0 Å². The van der Waals surface area contributed by atoms with E-state index in [1.165, 1.54) is 6.07 Å². The Morgan fingerprint density at radius 1 is 0.857 bits per heavy atom. The Labute approximate surface area is 162 Å². The minimum Gasteiger partial charge on any atom is -0.494 e. The van der Waals surface area contributed by atoms with Gasteiger partial charge in [-0.25, -0.2) is 4.79 Å². The standard InChI is InChI=1S/C22H20O6/c1-2-25-18-10-8-16(9-11-18)20(23)15-27-22(24)21-13-12-19(28-21)14-26-17-6-4-3-5-7-17/h3-13H,2,14-15H2,1H3. The molecule has 1 heterocycles. The van der Waals surface area contributed by atoms with E-state index >= 15 is 0 Å². The van der Waals surface area contributed by atoms with Crippen LogP contribution in [0.15, 0.2) is 71.1 Å². The van der Waals surface area contributed by atoms with E-state index in [0.29, 0.717) is 29.4 Å². The van der Waals surface area contributed by atoms with Crippen molar-refractivity contribution < 1.29 is 28.2 Å². The van der Waals surface area contributed by atoms with Crippen LogP contribution in [-0.2, 0) is 11.3 Å². The molecule has 0 radical (unpaired) electrons. The van der Waals surface area contributed by atoms with Crippen molar-refractivity contribution >= 4 is 11.8 Å². The molecule has 28 heavy (non-hydrogen) atoms. The van der Waals surface area contributed by atoms with E-state index in [1.54, 1.807) is 30.3 Å². The lowest BCUT2D eigenvalue weighted by atomic mass is 10.1. The molecule has 0 saturated heterocycles. The van der Waals surface area contributed by atoms with Crippen molar-refractivity contribution in [3.05, 3.63) is 83.8 Å². The molecule has 6 nitrogen and oxygen atoms in total. The monoisotopic (exact) mass is 380 g/mol. The van der Waals surface area contributed by atoms with Crippen LogP contribution in [-0.4, -0.2) is 25.0 Å². The number of para-hydroxylation sites is 1. The van der Waals surface area contributed by atoms with Gasteiger partial charge in [-0.1, -0.05) is 18.2 Å². The van der Waals surface area contributed by atoms with Crippen LogP contribution in [0.1, 0.15) is 33.6 Å². The first-order valence-electron chi connectivity index (χ1n) is 8.85. The summed E-state index contributed by atoms with van der Waals surface area (Å²) in [6.45, 7) is 2.24. The third-order valence-corrected chi connectivity index (χ3v) is 3.81. The zero-order valence-corrected chi connectivity index (χ0v) is 15.4. The van der Waals surface area contributed by atoms with Crippen LogP contribution in [0.4, 0.5) is 0 Å². The summed E-state index contributed by atoms with van der Waals surface area (Å²) >= 11 is 0. The predicted octanol–water partition coefficient (Wildman–Crippen LogP) is 4.30. The molecule has 0 aliphatic carbocycles. The molecule has 144 valence electrons. The van der Waals surface area contributed by atoms with Gasteiger partial charge in [-0.2, -0.15) is 0 Å². The van der Waals surface area contributed by atoms with Gasteiger partial charge in [0, 0.05) is 5.56 Å². The number of carbonyl (C=O) groups is 2. The normalized spacial score (nSPS) is 10.3. The van der Waals surface area contributed by atoms with E-state index < -0.39 is 5.97 Å². The Kier molecular flexibility index (Phi) is 6.46. The molecule has 6 heteroatoms. The third-order valence-electron chi connectivity index (χ3n) is 3.81. The van der Waals surface area contributed by atoms with Crippen LogP contribution in [0.25, 0.3) is 0 Å². The molecule has 3 aromatic rings. The molecule has 0 amide bonds. The molecule has 0 bridgehead atoms. The summed E-state index contributed by atoms with van der Waals surface area (Å²) in [6.07, 6.45) is 0. The third kappa shape index (κ3) is 5.23. The van der Waals surface area contributed by atoms with Crippen molar-refractivity contribution in [2.24, 2.45) is 0 Å². The summed E-state index contributed by atoms with van der Waals surface area (Å²) in [5.74, 6) is 0.862. The average Bonchev–Trinajstić information content (AvgIpc) is 3.21. The van der Waals surface area contributed by atoms with Gasteiger partial charge in [0.2, 0.25) is 5.76 Å². The van der Waals surface area contributed by atoms with Crippen LogP contribution in [0, 0.1) is 0 Å². The van der Waals surface area contributed by atoms with Crippen molar-refractivity contribution in [3.8, 4) is 11.5 Å². The number of carbonyl (C=O) groups excluding carboxylic acids is 2. The van der Waals surface area contributed by atoms with Crippen LogP contribution >= 0.6 is 0 Å². The maximum atomic E-state index is 12.1. The summed E-state index contributed by atoms with van der Waals surface area (Å²) in [6, 6.07) is 19.1. The van der Waals surface area contributed by atoms with Gasteiger partial charge in [0.25, 0.3) is 0 Å². The first-order valence-corrected chi connectivity index (χ1v) is 8.85. The highest BCUT2D eigenvalue weighted by Gasteiger charge is 2.16. The number of esters is 1. The lowest BCUT2D eigenvalue weighted by molar-refractivity contribution is 0.0440. The fraction of sp³-hybridized carbons (Fsp3) is 0.182. The average molecular weight is 380 g/mol. The van der Waals surface area contributed by atoms with Gasteiger partial charge in [-0.05, 0) is 55.5 Å². The fourth-order valence-electron chi connectivity index (χ4n) is 2.43. The Bertz CT molecular complexity index is 912. The maximum absolute atomic E-state index is 12.1. The summed E-state index contributed by atoms with van der Waals surface area (Å²) in [4.78, 5) is 24.2. The number of rotatable bonds is 9. The first-order chi connectivity index (χ1) is 13.7. The molecule has 0 aliphatic heterocycles. The number of ether oxygens (including phenoxy) is 3. The summed E-state index contributed by atoms with van der Waals surface area (Å²) in [5.41, 5.74) is 0.438. The maximum Gasteiger partial charge on any atom is 0.374 e. The topological polar surface area (TPSA) is 75.0 Å². The second kappa shape index (κ2) is 9.41. The van der Waals surface area contributed by atoms with E-state index in [-0.39, 0.29) is 24.8 Å². The zero-order valence-electron chi connectivity index (χ0n) is 15.4. The molecule has 0 aliphatic rings. The van der Waals surface area contributed by atoms with Gasteiger partial charge >= 0.3 is 5.97 Å². The number of furan rings is 1. The van der Waals surface area contributed by atoms with Crippen LogP contribution in [0.3, 0.4) is 0 Å². The van der Waals surface area contributed by atoms with Gasteiger partial charge in [0.15, 0.2) is 12.4 Å². The van der Waals surface area contributed by atoms with Gasteiger partial charge in [0.1, 0.15) is 23.9 Å². The van der Waals surface area contributed by atoms with E-state index in [9.17, 15) is 9.59 Å². The number of hydrogen-bond acceptors (Lipinski definition) is 6. The second-order valence-corrected chi connectivity index (χ2v) is 5.82. The van der Waals surface area contributed by atoms with Crippen LogP contribution in [0.5, 0.6) is 11.5 Å². The molecule has 3 rings (SSSR count). The fourth-order valence-corrected chi connectivity index (χ4v) is 2.43. The highest BCUT2D eigenvalue weighted by Crippen LogP contribution is 2.15. The Balaban J connectivity index is 1.49. The Hall–Kier alpha value is -3.54.